The van der Waals surface area contributed by atoms with Crippen molar-refractivity contribution in [1.29, 1.82) is 0 Å². The normalized spacial score (nSPS) is 32.2. The Morgan fingerprint density at radius 1 is 1.39 bits per heavy atom. The summed E-state index contributed by atoms with van der Waals surface area (Å²) in [4.78, 5) is 0. The quantitative estimate of drug-likeness (QED) is 0.823. The summed E-state index contributed by atoms with van der Waals surface area (Å²) in [5.41, 5.74) is 8.76. The van der Waals surface area contributed by atoms with Crippen LogP contribution in [0.3, 0.4) is 0 Å². The van der Waals surface area contributed by atoms with Crippen LogP contribution in [-0.2, 0) is 9.47 Å². The van der Waals surface area contributed by atoms with Crippen molar-refractivity contribution < 1.29 is 9.47 Å². The average molecular weight is 251 g/mol. The van der Waals surface area contributed by atoms with E-state index in [9.17, 15) is 0 Å². The lowest BCUT2D eigenvalue weighted by Crippen LogP contribution is -2.41. The minimum absolute atomic E-state index is 0.0794. The van der Waals surface area contributed by atoms with Crippen molar-refractivity contribution in [3.8, 4) is 0 Å². The number of nitrogen functional groups attached to an aromatic ring is 1. The van der Waals surface area contributed by atoms with Crippen molar-refractivity contribution in [2.75, 3.05) is 25.6 Å². The van der Waals surface area contributed by atoms with Crippen LogP contribution < -0.4 is 5.73 Å². The third kappa shape index (κ3) is 1.82. The van der Waals surface area contributed by atoms with Gasteiger partial charge >= 0.3 is 0 Å². The van der Waals surface area contributed by atoms with Gasteiger partial charge in [0.05, 0.1) is 35.3 Å². The van der Waals surface area contributed by atoms with E-state index in [1.54, 1.807) is 0 Å². The third-order valence-corrected chi connectivity index (χ3v) is 4.26. The molecule has 2 aliphatic rings. The van der Waals surface area contributed by atoms with Crippen molar-refractivity contribution >= 4 is 5.69 Å². The molecule has 1 spiro atoms. The molecule has 2 fully saturated rings. The summed E-state index contributed by atoms with van der Waals surface area (Å²) in [7, 11) is 0. The molecule has 0 bridgehead atoms. The molecule has 0 aromatic carbocycles. The van der Waals surface area contributed by atoms with Gasteiger partial charge in [-0.05, 0) is 20.3 Å². The Hall–Kier alpha value is -1.07. The van der Waals surface area contributed by atoms with Gasteiger partial charge in [0.2, 0.25) is 0 Å². The third-order valence-electron chi connectivity index (χ3n) is 4.26. The first-order valence-electron chi connectivity index (χ1n) is 6.64. The lowest BCUT2D eigenvalue weighted by molar-refractivity contribution is -0.0964. The molecular weight excluding hydrogens is 230 g/mol. The summed E-state index contributed by atoms with van der Waals surface area (Å²) in [5.74, 6) is 0. The van der Waals surface area contributed by atoms with Gasteiger partial charge in [-0.2, -0.15) is 5.10 Å². The number of hydrogen-bond donors (Lipinski definition) is 1. The maximum atomic E-state index is 6.02. The summed E-state index contributed by atoms with van der Waals surface area (Å²) >= 11 is 0. The molecule has 100 valence electrons. The van der Waals surface area contributed by atoms with Crippen molar-refractivity contribution in [1.82, 2.24) is 9.78 Å². The van der Waals surface area contributed by atoms with Crippen LogP contribution in [0.1, 0.15) is 36.7 Å². The molecule has 2 atom stereocenters. The zero-order valence-corrected chi connectivity index (χ0v) is 11.1. The van der Waals surface area contributed by atoms with E-state index in [0.29, 0.717) is 6.04 Å². The standard InChI is InChI=1S/C13H21N3O2/c1-9-12(14)10(2)16(15-9)11-3-5-18-13(7-11)4-6-17-8-13/h11H,3-8,14H2,1-2H3. The number of hydrogen-bond acceptors (Lipinski definition) is 4. The SMILES string of the molecule is Cc1nn(C2CCOC3(CCOC3)C2)c(C)c1N. The summed E-state index contributed by atoms with van der Waals surface area (Å²) in [6.07, 6.45) is 2.98. The van der Waals surface area contributed by atoms with E-state index in [-0.39, 0.29) is 5.60 Å². The highest BCUT2D eigenvalue weighted by Crippen LogP contribution is 2.38. The topological polar surface area (TPSA) is 62.3 Å². The second kappa shape index (κ2) is 4.24. The Bertz CT molecular complexity index is 449. The lowest BCUT2D eigenvalue weighted by atomic mass is 9.89. The van der Waals surface area contributed by atoms with Crippen LogP contribution >= 0.6 is 0 Å². The molecule has 1 aromatic rings. The molecule has 5 heteroatoms. The maximum absolute atomic E-state index is 6.02. The van der Waals surface area contributed by atoms with Gasteiger partial charge in [-0.15, -0.1) is 0 Å². The highest BCUT2D eigenvalue weighted by molar-refractivity contribution is 5.47. The van der Waals surface area contributed by atoms with Crippen molar-refractivity contribution in [2.24, 2.45) is 0 Å². The fourth-order valence-corrected chi connectivity index (χ4v) is 3.11. The average Bonchev–Trinajstić information content (AvgIpc) is 2.90. The van der Waals surface area contributed by atoms with Crippen LogP contribution in [0.2, 0.25) is 0 Å². The number of anilines is 1. The molecule has 0 saturated carbocycles. The highest BCUT2D eigenvalue weighted by Gasteiger charge is 2.42. The van der Waals surface area contributed by atoms with Gasteiger partial charge in [0.25, 0.3) is 0 Å². The van der Waals surface area contributed by atoms with Crippen molar-refractivity contribution in [3.05, 3.63) is 11.4 Å². The second-order valence-corrected chi connectivity index (χ2v) is 5.51. The summed E-state index contributed by atoms with van der Waals surface area (Å²) in [6.45, 7) is 6.33. The first-order chi connectivity index (χ1) is 8.61. The van der Waals surface area contributed by atoms with E-state index < -0.39 is 0 Å². The molecule has 5 nitrogen and oxygen atoms in total. The van der Waals surface area contributed by atoms with Crippen LogP contribution in [0.4, 0.5) is 5.69 Å². The minimum atomic E-state index is -0.0794. The number of rotatable bonds is 1. The Morgan fingerprint density at radius 2 is 2.22 bits per heavy atom. The van der Waals surface area contributed by atoms with Gasteiger partial charge in [-0.3, -0.25) is 4.68 Å². The van der Waals surface area contributed by atoms with Crippen molar-refractivity contribution in [3.63, 3.8) is 0 Å². The molecule has 2 N–H and O–H groups in total. The van der Waals surface area contributed by atoms with Crippen LogP contribution in [0.5, 0.6) is 0 Å². The highest BCUT2D eigenvalue weighted by atomic mass is 16.6. The number of ether oxygens (including phenoxy) is 2. The van der Waals surface area contributed by atoms with Gasteiger partial charge < -0.3 is 15.2 Å². The van der Waals surface area contributed by atoms with E-state index in [1.807, 2.05) is 13.8 Å². The van der Waals surface area contributed by atoms with E-state index in [0.717, 1.165) is 56.2 Å². The molecular formula is C13H21N3O2. The van der Waals surface area contributed by atoms with E-state index in [1.165, 1.54) is 0 Å². The summed E-state index contributed by atoms with van der Waals surface area (Å²) in [5, 5.41) is 4.58. The van der Waals surface area contributed by atoms with Crippen LogP contribution in [0.25, 0.3) is 0 Å². The maximum Gasteiger partial charge on any atom is 0.0957 e. The van der Waals surface area contributed by atoms with Crippen LogP contribution in [0.15, 0.2) is 0 Å². The van der Waals surface area contributed by atoms with Gasteiger partial charge in [0.15, 0.2) is 0 Å². The molecule has 0 aliphatic carbocycles. The molecule has 1 aromatic heterocycles. The summed E-state index contributed by atoms with van der Waals surface area (Å²) in [6, 6.07) is 0.386. The lowest BCUT2D eigenvalue weighted by Gasteiger charge is -2.37. The first kappa shape index (κ1) is 12.0. The first-order valence-corrected chi connectivity index (χ1v) is 6.64. The Balaban J connectivity index is 1.85. The number of nitrogens with two attached hydrogens (primary N) is 1. The molecule has 3 heterocycles. The predicted molar refractivity (Wildman–Crippen MR) is 68.5 cm³/mol. The Kier molecular flexibility index (Phi) is 2.83. The zero-order valence-electron chi connectivity index (χ0n) is 11.1. The smallest absolute Gasteiger partial charge is 0.0957 e. The predicted octanol–water partition coefficient (Wildman–Crippen LogP) is 1.59. The van der Waals surface area contributed by atoms with Gasteiger partial charge in [0, 0.05) is 26.1 Å². The molecule has 0 amide bonds. The van der Waals surface area contributed by atoms with Crippen LogP contribution in [-0.4, -0.2) is 35.2 Å². The number of aryl methyl sites for hydroxylation is 1. The van der Waals surface area contributed by atoms with Crippen LogP contribution in [0, 0.1) is 13.8 Å². The fourth-order valence-electron chi connectivity index (χ4n) is 3.11. The molecule has 2 saturated heterocycles. The Morgan fingerprint density at radius 3 is 2.83 bits per heavy atom. The van der Waals surface area contributed by atoms with Crippen molar-refractivity contribution in [2.45, 2.75) is 44.8 Å². The molecule has 18 heavy (non-hydrogen) atoms. The molecule has 2 unspecified atom stereocenters. The molecule has 3 rings (SSSR count). The minimum Gasteiger partial charge on any atom is -0.396 e. The fraction of sp³-hybridized carbons (Fsp3) is 0.769. The van der Waals surface area contributed by atoms with E-state index in [4.69, 9.17) is 15.2 Å². The second-order valence-electron chi connectivity index (χ2n) is 5.51. The monoisotopic (exact) mass is 251 g/mol. The largest absolute Gasteiger partial charge is 0.396 e. The van der Waals surface area contributed by atoms with Gasteiger partial charge in [-0.1, -0.05) is 0 Å². The zero-order chi connectivity index (χ0) is 12.8. The van der Waals surface area contributed by atoms with Gasteiger partial charge in [-0.25, -0.2) is 0 Å². The number of nitrogens with zero attached hydrogens (tertiary/aromatic N) is 2. The Labute approximate surface area is 107 Å². The van der Waals surface area contributed by atoms with E-state index in [2.05, 4.69) is 9.78 Å². The number of aromatic nitrogens is 2. The summed E-state index contributed by atoms with van der Waals surface area (Å²) < 4.78 is 13.6. The molecule has 0 radical (unpaired) electrons. The van der Waals surface area contributed by atoms with E-state index >= 15 is 0 Å². The molecule has 2 aliphatic heterocycles. The van der Waals surface area contributed by atoms with Gasteiger partial charge in [0.1, 0.15) is 0 Å².